The number of pyridine rings is 1. The highest BCUT2D eigenvalue weighted by molar-refractivity contribution is 7.99. The molecule has 1 heterocycles. The fourth-order valence-corrected chi connectivity index (χ4v) is 3.67. The summed E-state index contributed by atoms with van der Waals surface area (Å²) in [6, 6.07) is 5.67. The minimum Gasteiger partial charge on any atom is -0.311 e. The van der Waals surface area contributed by atoms with Gasteiger partial charge < -0.3 is 5.32 Å². The van der Waals surface area contributed by atoms with E-state index in [1.807, 2.05) is 36.9 Å². The first-order valence-electron chi connectivity index (χ1n) is 7.09. The summed E-state index contributed by atoms with van der Waals surface area (Å²) in [5, 5.41) is 3.63. The second kappa shape index (κ2) is 7.53. The fraction of sp³-hybridized carbons (Fsp3) is 0.600. The summed E-state index contributed by atoms with van der Waals surface area (Å²) in [5.41, 5.74) is 0.925. The largest absolute Gasteiger partial charge is 0.311 e. The van der Waals surface area contributed by atoms with Gasteiger partial charge in [0.15, 0.2) is 0 Å². The second-order valence-corrected chi connectivity index (χ2v) is 6.50. The summed E-state index contributed by atoms with van der Waals surface area (Å²) in [6.07, 6.45) is 7.33. The number of rotatable bonds is 5. The van der Waals surface area contributed by atoms with Gasteiger partial charge in [-0.3, -0.25) is 4.79 Å². The number of nitrogens with one attached hydrogen (secondary N) is 1. The van der Waals surface area contributed by atoms with Crippen LogP contribution in [0.15, 0.2) is 18.2 Å². The molecule has 0 bridgehead atoms. The normalized spacial score (nSPS) is 16.3. The molecule has 1 aliphatic rings. The highest BCUT2D eigenvalue weighted by atomic mass is 32.2. The predicted octanol–water partition coefficient (Wildman–Crippen LogP) is 3.78. The van der Waals surface area contributed by atoms with E-state index in [4.69, 9.17) is 0 Å². The Morgan fingerprint density at radius 2 is 2.16 bits per heavy atom. The molecule has 104 valence electrons. The monoisotopic (exact) mass is 278 g/mol. The summed E-state index contributed by atoms with van der Waals surface area (Å²) in [4.78, 5) is 16.1. The lowest BCUT2D eigenvalue weighted by Gasteiger charge is -2.20. The Morgan fingerprint density at radius 1 is 1.37 bits per heavy atom. The van der Waals surface area contributed by atoms with Crippen LogP contribution in [-0.4, -0.2) is 21.9 Å². The molecule has 0 aromatic carbocycles. The van der Waals surface area contributed by atoms with Gasteiger partial charge in [-0.15, -0.1) is 0 Å². The number of aromatic nitrogens is 1. The average molecular weight is 278 g/mol. The van der Waals surface area contributed by atoms with Gasteiger partial charge in [-0.1, -0.05) is 25.3 Å². The fourth-order valence-electron chi connectivity index (χ4n) is 2.37. The van der Waals surface area contributed by atoms with E-state index < -0.39 is 0 Å². The summed E-state index contributed by atoms with van der Waals surface area (Å²) >= 11 is 1.96. The Labute approximate surface area is 119 Å². The molecule has 1 saturated carbocycles. The minimum absolute atomic E-state index is 0.0707. The first kappa shape index (κ1) is 14.4. The zero-order valence-corrected chi connectivity index (χ0v) is 12.3. The van der Waals surface area contributed by atoms with E-state index in [1.165, 1.54) is 32.1 Å². The summed E-state index contributed by atoms with van der Waals surface area (Å²) in [5.74, 6) is 1.65. The molecular weight excluding hydrogens is 256 g/mol. The van der Waals surface area contributed by atoms with Gasteiger partial charge >= 0.3 is 0 Å². The van der Waals surface area contributed by atoms with E-state index in [9.17, 15) is 4.79 Å². The van der Waals surface area contributed by atoms with E-state index in [1.54, 1.807) is 0 Å². The summed E-state index contributed by atoms with van der Waals surface area (Å²) in [6.45, 7) is 1.93. The van der Waals surface area contributed by atoms with Gasteiger partial charge in [0, 0.05) is 23.1 Å². The van der Waals surface area contributed by atoms with Crippen molar-refractivity contribution in [1.29, 1.82) is 0 Å². The number of thioether (sulfide) groups is 1. The van der Waals surface area contributed by atoms with Gasteiger partial charge in [-0.2, -0.15) is 11.8 Å². The first-order chi connectivity index (χ1) is 9.24. The van der Waals surface area contributed by atoms with Crippen LogP contribution in [0.5, 0.6) is 0 Å². The topological polar surface area (TPSA) is 42.0 Å². The van der Waals surface area contributed by atoms with Gasteiger partial charge in [-0.25, -0.2) is 4.98 Å². The highest BCUT2D eigenvalue weighted by Crippen LogP contribution is 2.28. The first-order valence-corrected chi connectivity index (χ1v) is 8.14. The van der Waals surface area contributed by atoms with Crippen LogP contribution in [0.4, 0.5) is 5.82 Å². The third-order valence-electron chi connectivity index (χ3n) is 3.39. The molecule has 0 radical (unpaired) electrons. The van der Waals surface area contributed by atoms with Crippen LogP contribution in [0, 0.1) is 6.92 Å². The van der Waals surface area contributed by atoms with Crippen LogP contribution >= 0.6 is 11.8 Å². The lowest BCUT2D eigenvalue weighted by atomic mass is 10.0. The Bertz CT molecular complexity index is 416. The standard InChI is InChI=1S/C15H22N2OS/c1-12-6-5-9-14(16-12)17-15(18)10-11-19-13-7-3-2-4-8-13/h5-6,9,13H,2-4,7-8,10-11H2,1H3,(H,16,17,18). The zero-order chi connectivity index (χ0) is 13.5. The van der Waals surface area contributed by atoms with Crippen molar-refractivity contribution >= 4 is 23.5 Å². The van der Waals surface area contributed by atoms with E-state index in [-0.39, 0.29) is 5.91 Å². The van der Waals surface area contributed by atoms with Crippen LogP contribution in [0.1, 0.15) is 44.2 Å². The zero-order valence-electron chi connectivity index (χ0n) is 11.5. The number of aryl methyl sites for hydroxylation is 1. The highest BCUT2D eigenvalue weighted by Gasteiger charge is 2.14. The van der Waals surface area contributed by atoms with Crippen molar-refractivity contribution < 1.29 is 4.79 Å². The number of hydrogen-bond donors (Lipinski definition) is 1. The molecule has 1 amide bonds. The summed E-state index contributed by atoms with van der Waals surface area (Å²) in [7, 11) is 0. The Hall–Kier alpha value is -1.03. The number of carbonyl (C=O) groups is 1. The van der Waals surface area contributed by atoms with Gasteiger partial charge in [0.05, 0.1) is 0 Å². The number of amides is 1. The quantitative estimate of drug-likeness (QED) is 0.891. The second-order valence-electron chi connectivity index (χ2n) is 5.09. The molecule has 1 fully saturated rings. The molecule has 0 spiro atoms. The van der Waals surface area contributed by atoms with Crippen LogP contribution in [-0.2, 0) is 4.79 Å². The molecule has 1 aliphatic carbocycles. The van der Waals surface area contributed by atoms with Gasteiger partial charge in [-0.05, 0) is 31.9 Å². The lowest BCUT2D eigenvalue weighted by Crippen LogP contribution is -2.15. The Kier molecular flexibility index (Phi) is 5.70. The number of nitrogens with zero attached hydrogens (tertiary/aromatic N) is 1. The molecule has 3 nitrogen and oxygen atoms in total. The van der Waals surface area contributed by atoms with Crippen molar-refractivity contribution in [1.82, 2.24) is 4.98 Å². The van der Waals surface area contributed by atoms with Gasteiger partial charge in [0.2, 0.25) is 5.91 Å². The molecule has 1 N–H and O–H groups in total. The number of hydrogen-bond acceptors (Lipinski definition) is 3. The van der Waals surface area contributed by atoms with Crippen molar-refractivity contribution in [2.45, 2.75) is 50.7 Å². The third kappa shape index (κ3) is 5.23. The SMILES string of the molecule is Cc1cccc(NC(=O)CCSC2CCCCC2)n1. The van der Waals surface area contributed by atoms with Crippen molar-refractivity contribution in [2.24, 2.45) is 0 Å². The molecule has 0 atom stereocenters. The molecule has 0 saturated heterocycles. The summed E-state index contributed by atoms with van der Waals surface area (Å²) < 4.78 is 0. The maximum Gasteiger partial charge on any atom is 0.226 e. The van der Waals surface area contributed by atoms with E-state index in [2.05, 4.69) is 10.3 Å². The van der Waals surface area contributed by atoms with Crippen LogP contribution in [0.2, 0.25) is 0 Å². The van der Waals surface area contributed by atoms with E-state index >= 15 is 0 Å². The van der Waals surface area contributed by atoms with Crippen molar-refractivity contribution in [3.63, 3.8) is 0 Å². The van der Waals surface area contributed by atoms with E-state index in [0.29, 0.717) is 12.2 Å². The predicted molar refractivity (Wildman–Crippen MR) is 81.6 cm³/mol. The van der Waals surface area contributed by atoms with Crippen LogP contribution in [0.3, 0.4) is 0 Å². The Morgan fingerprint density at radius 3 is 2.89 bits per heavy atom. The van der Waals surface area contributed by atoms with Crippen molar-refractivity contribution in [2.75, 3.05) is 11.1 Å². The van der Waals surface area contributed by atoms with Crippen LogP contribution in [0.25, 0.3) is 0 Å². The molecule has 1 aromatic heterocycles. The minimum atomic E-state index is 0.0707. The van der Waals surface area contributed by atoms with Gasteiger partial charge in [0.25, 0.3) is 0 Å². The maximum absolute atomic E-state index is 11.8. The van der Waals surface area contributed by atoms with Crippen molar-refractivity contribution in [3.8, 4) is 0 Å². The molecule has 4 heteroatoms. The van der Waals surface area contributed by atoms with E-state index in [0.717, 1.165) is 16.7 Å². The smallest absolute Gasteiger partial charge is 0.226 e. The molecular formula is C15H22N2OS. The molecule has 2 rings (SSSR count). The molecule has 19 heavy (non-hydrogen) atoms. The van der Waals surface area contributed by atoms with Crippen molar-refractivity contribution in [3.05, 3.63) is 23.9 Å². The molecule has 1 aromatic rings. The van der Waals surface area contributed by atoms with Gasteiger partial charge in [0.1, 0.15) is 5.82 Å². The maximum atomic E-state index is 11.8. The molecule has 0 unspecified atom stereocenters. The molecule has 0 aliphatic heterocycles. The third-order valence-corrected chi connectivity index (χ3v) is 4.77. The number of carbonyl (C=O) groups excluding carboxylic acids is 1. The number of anilines is 1. The van der Waals surface area contributed by atoms with Crippen LogP contribution < -0.4 is 5.32 Å². The lowest BCUT2D eigenvalue weighted by molar-refractivity contribution is -0.115. The average Bonchev–Trinajstić information content (AvgIpc) is 2.40. The Balaban J connectivity index is 1.67.